The summed E-state index contributed by atoms with van der Waals surface area (Å²) in [5.74, 6) is 0.343. The number of benzene rings is 2. The number of hydrogen-bond donors (Lipinski definition) is 1. The number of oxazole rings is 1. The van der Waals surface area contributed by atoms with Gasteiger partial charge in [0.1, 0.15) is 5.52 Å². The zero-order valence-electron chi connectivity index (χ0n) is 12.6. The molecule has 0 aliphatic rings. The van der Waals surface area contributed by atoms with Crippen LogP contribution in [0.1, 0.15) is 10.4 Å². The average molecular weight is 315 g/mol. The topological polar surface area (TPSA) is 68.0 Å². The molecule has 116 valence electrons. The van der Waals surface area contributed by atoms with E-state index in [9.17, 15) is 4.79 Å². The van der Waals surface area contributed by atoms with E-state index < -0.39 is 0 Å². The maximum atomic E-state index is 12.2. The number of anilines is 1. The summed E-state index contributed by atoms with van der Waals surface area (Å²) in [5, 5.41) is 2.87. The van der Waals surface area contributed by atoms with E-state index in [2.05, 4.69) is 15.3 Å². The van der Waals surface area contributed by atoms with Crippen molar-refractivity contribution in [1.82, 2.24) is 9.97 Å². The van der Waals surface area contributed by atoms with E-state index >= 15 is 0 Å². The summed E-state index contributed by atoms with van der Waals surface area (Å²) in [6, 6.07) is 18.2. The fraction of sp³-hybridized carbons (Fsp3) is 0. The summed E-state index contributed by atoms with van der Waals surface area (Å²) in [4.78, 5) is 20.7. The molecule has 2 aromatic heterocycles. The molecule has 5 nitrogen and oxygen atoms in total. The van der Waals surface area contributed by atoms with Gasteiger partial charge in [-0.3, -0.25) is 9.78 Å². The van der Waals surface area contributed by atoms with Gasteiger partial charge in [0.15, 0.2) is 5.58 Å². The van der Waals surface area contributed by atoms with Crippen molar-refractivity contribution in [3.63, 3.8) is 0 Å². The third kappa shape index (κ3) is 2.75. The molecule has 0 aliphatic heterocycles. The molecule has 4 rings (SSSR count). The van der Waals surface area contributed by atoms with Crippen LogP contribution in [0.2, 0.25) is 0 Å². The molecule has 24 heavy (non-hydrogen) atoms. The van der Waals surface area contributed by atoms with Gasteiger partial charge in [-0.15, -0.1) is 0 Å². The average Bonchev–Trinajstić information content (AvgIpc) is 3.06. The third-order valence-electron chi connectivity index (χ3n) is 3.59. The summed E-state index contributed by atoms with van der Waals surface area (Å²) >= 11 is 0. The fourth-order valence-corrected chi connectivity index (χ4v) is 2.41. The molecule has 0 unspecified atom stereocenters. The second kappa shape index (κ2) is 5.96. The minimum atomic E-state index is -0.161. The van der Waals surface area contributed by atoms with Gasteiger partial charge >= 0.3 is 0 Å². The quantitative estimate of drug-likeness (QED) is 0.617. The van der Waals surface area contributed by atoms with Crippen LogP contribution >= 0.6 is 0 Å². The SMILES string of the molecule is O=C(Nc1ccc2oc(-c3cccnc3)nc2c1)c1ccccc1. The summed E-state index contributed by atoms with van der Waals surface area (Å²) in [6.45, 7) is 0. The minimum Gasteiger partial charge on any atom is -0.436 e. The van der Waals surface area contributed by atoms with Crippen LogP contribution in [0.5, 0.6) is 0 Å². The molecule has 0 radical (unpaired) electrons. The summed E-state index contributed by atoms with van der Waals surface area (Å²) in [7, 11) is 0. The van der Waals surface area contributed by atoms with Crippen LogP contribution in [-0.2, 0) is 0 Å². The molecule has 0 spiro atoms. The Bertz CT molecular complexity index is 995. The van der Waals surface area contributed by atoms with Crippen LogP contribution in [0, 0.1) is 0 Å². The Hall–Kier alpha value is -3.47. The number of rotatable bonds is 3. The number of nitrogens with zero attached hydrogens (tertiary/aromatic N) is 2. The fourth-order valence-electron chi connectivity index (χ4n) is 2.41. The molecule has 0 saturated carbocycles. The molecule has 4 aromatic rings. The zero-order valence-corrected chi connectivity index (χ0v) is 12.6. The maximum absolute atomic E-state index is 12.2. The number of pyridine rings is 1. The molecular weight excluding hydrogens is 302 g/mol. The number of carbonyl (C=O) groups excluding carboxylic acids is 1. The van der Waals surface area contributed by atoms with Gasteiger partial charge in [0.25, 0.3) is 5.91 Å². The summed E-state index contributed by atoms with van der Waals surface area (Å²) < 4.78 is 5.73. The van der Waals surface area contributed by atoms with Crippen molar-refractivity contribution in [3.8, 4) is 11.5 Å². The van der Waals surface area contributed by atoms with Gasteiger partial charge in [0, 0.05) is 23.6 Å². The van der Waals surface area contributed by atoms with Gasteiger partial charge < -0.3 is 9.73 Å². The lowest BCUT2D eigenvalue weighted by atomic mass is 10.2. The van der Waals surface area contributed by atoms with E-state index in [1.165, 1.54) is 0 Å². The second-order valence-corrected chi connectivity index (χ2v) is 5.26. The number of fused-ring (bicyclic) bond motifs is 1. The Morgan fingerprint density at radius 2 is 1.88 bits per heavy atom. The van der Waals surface area contributed by atoms with Crippen LogP contribution in [0.15, 0.2) is 77.5 Å². The second-order valence-electron chi connectivity index (χ2n) is 5.26. The van der Waals surface area contributed by atoms with E-state index in [1.54, 1.807) is 42.7 Å². The first-order chi connectivity index (χ1) is 11.8. The van der Waals surface area contributed by atoms with Crippen molar-refractivity contribution < 1.29 is 9.21 Å². The van der Waals surface area contributed by atoms with Gasteiger partial charge in [-0.05, 0) is 42.5 Å². The summed E-state index contributed by atoms with van der Waals surface area (Å²) in [5.41, 5.74) is 3.42. The first-order valence-corrected chi connectivity index (χ1v) is 7.47. The third-order valence-corrected chi connectivity index (χ3v) is 3.59. The number of carbonyl (C=O) groups is 1. The first kappa shape index (κ1) is 14.1. The number of hydrogen-bond acceptors (Lipinski definition) is 4. The smallest absolute Gasteiger partial charge is 0.255 e. The van der Waals surface area contributed by atoms with Gasteiger partial charge in [-0.1, -0.05) is 18.2 Å². The Morgan fingerprint density at radius 3 is 2.67 bits per heavy atom. The van der Waals surface area contributed by atoms with Crippen LogP contribution in [0.3, 0.4) is 0 Å². The lowest BCUT2D eigenvalue weighted by Crippen LogP contribution is -2.11. The van der Waals surface area contributed by atoms with Crippen LogP contribution < -0.4 is 5.32 Å². The number of aromatic nitrogens is 2. The van der Waals surface area contributed by atoms with Gasteiger partial charge in [-0.25, -0.2) is 4.98 Å². The molecule has 0 saturated heterocycles. The maximum Gasteiger partial charge on any atom is 0.255 e. The van der Waals surface area contributed by atoms with E-state index in [0.29, 0.717) is 28.2 Å². The number of amides is 1. The van der Waals surface area contributed by atoms with Crippen molar-refractivity contribution in [3.05, 3.63) is 78.6 Å². The van der Waals surface area contributed by atoms with Gasteiger partial charge in [0.2, 0.25) is 5.89 Å². The number of nitrogens with one attached hydrogen (secondary N) is 1. The highest BCUT2D eigenvalue weighted by atomic mass is 16.3. The van der Waals surface area contributed by atoms with Gasteiger partial charge in [0.05, 0.1) is 5.56 Å². The predicted molar refractivity (Wildman–Crippen MR) is 91.6 cm³/mol. The molecule has 0 fully saturated rings. The van der Waals surface area contributed by atoms with Crippen molar-refractivity contribution in [1.29, 1.82) is 0 Å². The molecule has 2 heterocycles. The van der Waals surface area contributed by atoms with E-state index in [0.717, 1.165) is 5.56 Å². The van der Waals surface area contributed by atoms with Crippen LogP contribution in [0.25, 0.3) is 22.6 Å². The highest BCUT2D eigenvalue weighted by molar-refractivity contribution is 6.04. The van der Waals surface area contributed by atoms with Crippen LogP contribution in [0.4, 0.5) is 5.69 Å². The molecule has 5 heteroatoms. The van der Waals surface area contributed by atoms with Crippen molar-refractivity contribution in [2.24, 2.45) is 0 Å². The Kier molecular flexibility index (Phi) is 3.51. The van der Waals surface area contributed by atoms with Gasteiger partial charge in [-0.2, -0.15) is 0 Å². The first-order valence-electron chi connectivity index (χ1n) is 7.47. The Labute approximate surface area is 138 Å². The molecule has 1 amide bonds. The molecule has 1 N–H and O–H groups in total. The molecule has 0 bridgehead atoms. The standard InChI is InChI=1S/C19H13N3O2/c23-18(13-5-2-1-3-6-13)21-15-8-9-17-16(11-15)22-19(24-17)14-7-4-10-20-12-14/h1-12H,(H,21,23). The largest absolute Gasteiger partial charge is 0.436 e. The normalized spacial score (nSPS) is 10.7. The highest BCUT2D eigenvalue weighted by Crippen LogP contribution is 2.25. The highest BCUT2D eigenvalue weighted by Gasteiger charge is 2.10. The molecular formula is C19H13N3O2. The van der Waals surface area contributed by atoms with Crippen molar-refractivity contribution in [2.75, 3.05) is 5.32 Å². The van der Waals surface area contributed by atoms with Crippen LogP contribution in [-0.4, -0.2) is 15.9 Å². The lowest BCUT2D eigenvalue weighted by molar-refractivity contribution is 0.102. The van der Waals surface area contributed by atoms with E-state index in [1.807, 2.05) is 30.3 Å². The molecule has 2 aromatic carbocycles. The predicted octanol–water partition coefficient (Wildman–Crippen LogP) is 4.14. The van der Waals surface area contributed by atoms with Crippen molar-refractivity contribution in [2.45, 2.75) is 0 Å². The lowest BCUT2D eigenvalue weighted by Gasteiger charge is -2.04. The molecule has 0 aliphatic carbocycles. The Morgan fingerprint density at radius 1 is 1.00 bits per heavy atom. The monoisotopic (exact) mass is 315 g/mol. The van der Waals surface area contributed by atoms with Crippen molar-refractivity contribution >= 4 is 22.7 Å². The Balaban J connectivity index is 1.63. The minimum absolute atomic E-state index is 0.161. The van der Waals surface area contributed by atoms with E-state index in [-0.39, 0.29) is 5.91 Å². The summed E-state index contributed by atoms with van der Waals surface area (Å²) in [6.07, 6.45) is 3.40. The van der Waals surface area contributed by atoms with E-state index in [4.69, 9.17) is 4.42 Å². The zero-order chi connectivity index (χ0) is 16.4. The molecule has 0 atom stereocenters.